The molecule has 0 spiro atoms. The number of nitrogens with one attached hydrogen (secondary N) is 2. The molecule has 0 radical (unpaired) electrons. The highest BCUT2D eigenvalue weighted by atomic mass is 32.2. The van der Waals surface area contributed by atoms with Crippen LogP contribution >= 0.6 is 0 Å². The summed E-state index contributed by atoms with van der Waals surface area (Å²) in [5.74, 6) is 1.23. The number of fused-ring (bicyclic) bond motifs is 3. The van der Waals surface area contributed by atoms with Crippen molar-refractivity contribution in [3.63, 3.8) is 0 Å². The SMILES string of the molecule is Cc1cc(C(C)C)c(NC(=O)NS(=O)(=O)c2cc3c(o2)C2CCN(CC2)C3)c2c1CCC2. The van der Waals surface area contributed by atoms with Gasteiger partial charge in [-0.25, -0.2) is 9.52 Å². The minimum absolute atomic E-state index is 0.176. The van der Waals surface area contributed by atoms with E-state index in [1.807, 2.05) is 0 Å². The highest BCUT2D eigenvalue weighted by Crippen LogP contribution is 2.39. The van der Waals surface area contributed by atoms with Gasteiger partial charge in [-0.3, -0.25) is 4.90 Å². The van der Waals surface area contributed by atoms with E-state index in [0.717, 1.165) is 73.3 Å². The lowest BCUT2D eigenvalue weighted by Crippen LogP contribution is -2.35. The molecule has 8 heteroatoms. The van der Waals surface area contributed by atoms with Crippen LogP contribution < -0.4 is 10.0 Å². The molecular weight excluding hydrogens is 426 g/mol. The molecule has 2 N–H and O–H groups in total. The summed E-state index contributed by atoms with van der Waals surface area (Å²) in [6, 6.07) is 2.96. The van der Waals surface area contributed by atoms with Crippen molar-refractivity contribution in [3.8, 4) is 0 Å². The van der Waals surface area contributed by atoms with Crippen LogP contribution in [-0.2, 0) is 29.4 Å². The second-order valence-electron chi connectivity index (χ2n) is 9.69. The Morgan fingerprint density at radius 3 is 2.59 bits per heavy atom. The summed E-state index contributed by atoms with van der Waals surface area (Å²) >= 11 is 0. The number of sulfonamides is 1. The van der Waals surface area contributed by atoms with Crippen molar-refractivity contribution in [2.45, 2.75) is 76.3 Å². The van der Waals surface area contributed by atoms with Crippen LogP contribution in [0.15, 0.2) is 21.6 Å². The van der Waals surface area contributed by atoms with Crippen molar-refractivity contribution in [1.29, 1.82) is 0 Å². The van der Waals surface area contributed by atoms with Crippen molar-refractivity contribution in [2.75, 3.05) is 18.4 Å². The molecule has 1 aromatic heterocycles. The van der Waals surface area contributed by atoms with Gasteiger partial charge in [-0.2, -0.15) is 8.42 Å². The number of carbonyl (C=O) groups excluding carboxylic acids is 1. The van der Waals surface area contributed by atoms with E-state index < -0.39 is 16.1 Å². The van der Waals surface area contributed by atoms with Gasteiger partial charge in [0, 0.05) is 29.8 Å². The lowest BCUT2D eigenvalue weighted by Gasteiger charge is -2.26. The number of hydrogen-bond acceptors (Lipinski definition) is 5. The molecule has 32 heavy (non-hydrogen) atoms. The zero-order chi connectivity index (χ0) is 22.6. The van der Waals surface area contributed by atoms with Crippen LogP contribution in [-0.4, -0.2) is 32.4 Å². The van der Waals surface area contributed by atoms with Crippen LogP contribution in [0, 0.1) is 6.92 Å². The van der Waals surface area contributed by atoms with E-state index in [-0.39, 0.29) is 16.9 Å². The molecule has 4 heterocycles. The zero-order valence-corrected chi connectivity index (χ0v) is 19.8. The third kappa shape index (κ3) is 3.73. The van der Waals surface area contributed by atoms with Crippen LogP contribution in [0.5, 0.6) is 0 Å². The van der Waals surface area contributed by atoms with Crippen molar-refractivity contribution in [3.05, 3.63) is 45.7 Å². The average Bonchev–Trinajstić information content (AvgIpc) is 3.33. The molecule has 1 aliphatic carbocycles. The summed E-state index contributed by atoms with van der Waals surface area (Å²) in [6.07, 6.45) is 4.88. The minimum Gasteiger partial charge on any atom is -0.447 e. The van der Waals surface area contributed by atoms with Gasteiger partial charge in [0.2, 0.25) is 5.09 Å². The molecule has 2 bridgehead atoms. The maximum Gasteiger partial charge on any atom is 0.333 e. The van der Waals surface area contributed by atoms with Crippen molar-refractivity contribution < 1.29 is 17.6 Å². The molecule has 0 unspecified atom stereocenters. The quantitative estimate of drug-likeness (QED) is 0.710. The molecule has 1 saturated heterocycles. The topological polar surface area (TPSA) is 91.7 Å². The molecule has 7 nitrogen and oxygen atoms in total. The van der Waals surface area contributed by atoms with Crippen molar-refractivity contribution in [2.24, 2.45) is 0 Å². The number of urea groups is 1. The van der Waals surface area contributed by atoms with Crippen molar-refractivity contribution in [1.82, 2.24) is 9.62 Å². The second-order valence-corrected chi connectivity index (χ2v) is 11.3. The fourth-order valence-electron chi connectivity index (χ4n) is 5.55. The Hall–Kier alpha value is -2.32. The number of benzene rings is 1. The Morgan fingerprint density at radius 2 is 1.88 bits per heavy atom. The van der Waals surface area contributed by atoms with E-state index in [0.29, 0.717) is 6.54 Å². The Bertz CT molecular complexity index is 1170. The first-order valence-corrected chi connectivity index (χ1v) is 13.0. The smallest absolute Gasteiger partial charge is 0.333 e. The predicted molar refractivity (Wildman–Crippen MR) is 123 cm³/mol. The molecule has 2 amide bonds. The first-order valence-electron chi connectivity index (χ1n) is 11.6. The maximum atomic E-state index is 13.0. The molecule has 1 aromatic carbocycles. The monoisotopic (exact) mass is 457 g/mol. The molecule has 0 atom stereocenters. The fraction of sp³-hybridized carbons (Fsp3) is 0.542. The normalized spacial score (nSPS) is 21.9. The number of amides is 2. The van der Waals surface area contributed by atoms with E-state index in [1.54, 1.807) is 6.07 Å². The summed E-state index contributed by atoms with van der Waals surface area (Å²) in [4.78, 5) is 15.2. The number of furan rings is 1. The predicted octanol–water partition coefficient (Wildman–Crippen LogP) is 4.40. The summed E-state index contributed by atoms with van der Waals surface area (Å²) in [7, 11) is -4.10. The fourth-order valence-corrected chi connectivity index (χ4v) is 6.44. The highest BCUT2D eigenvalue weighted by Gasteiger charge is 2.34. The van der Waals surface area contributed by atoms with E-state index in [9.17, 15) is 13.2 Å². The molecule has 6 rings (SSSR count). The van der Waals surface area contributed by atoms with Crippen LogP contribution in [0.1, 0.15) is 78.5 Å². The van der Waals surface area contributed by atoms with Gasteiger partial charge in [0.1, 0.15) is 5.76 Å². The molecule has 2 aromatic rings. The summed E-state index contributed by atoms with van der Waals surface area (Å²) < 4.78 is 33.9. The van der Waals surface area contributed by atoms with Gasteiger partial charge < -0.3 is 9.73 Å². The summed E-state index contributed by atoms with van der Waals surface area (Å²) in [5, 5.41) is 2.69. The number of hydrogen-bond donors (Lipinski definition) is 2. The number of aryl methyl sites for hydroxylation is 1. The first kappa shape index (κ1) is 21.5. The molecule has 172 valence electrons. The Labute approximate surface area is 189 Å². The van der Waals surface area contributed by atoms with Gasteiger partial charge >= 0.3 is 6.03 Å². The van der Waals surface area contributed by atoms with Gasteiger partial charge in [-0.05, 0) is 80.3 Å². The second kappa shape index (κ2) is 7.92. The van der Waals surface area contributed by atoms with Gasteiger partial charge in [0.25, 0.3) is 10.0 Å². The maximum absolute atomic E-state index is 13.0. The van der Waals surface area contributed by atoms with E-state index in [1.165, 1.54) is 11.1 Å². The van der Waals surface area contributed by atoms with Crippen LogP contribution in [0.25, 0.3) is 0 Å². The molecule has 0 saturated carbocycles. The first-order chi connectivity index (χ1) is 15.2. The van der Waals surface area contributed by atoms with Crippen LogP contribution in [0.3, 0.4) is 0 Å². The van der Waals surface area contributed by atoms with Gasteiger partial charge in [-0.15, -0.1) is 0 Å². The standard InChI is InChI=1S/C24H31N3O4S/c1-14(2)20-11-15(3)18-5-4-6-19(18)22(20)25-24(28)26-32(29,30)21-12-17-13-27-9-7-16(8-10-27)23(17)31-21/h11-12,14,16H,4-10,13H2,1-3H3,(H2,25,26,28). The van der Waals surface area contributed by atoms with Gasteiger partial charge in [0.15, 0.2) is 0 Å². The third-order valence-corrected chi connectivity index (χ3v) is 8.37. The number of anilines is 1. The van der Waals surface area contributed by atoms with E-state index >= 15 is 0 Å². The number of rotatable bonds is 4. The highest BCUT2D eigenvalue weighted by molar-refractivity contribution is 7.89. The van der Waals surface area contributed by atoms with E-state index in [4.69, 9.17) is 4.42 Å². The number of nitrogens with zero attached hydrogens (tertiary/aromatic N) is 1. The number of piperidine rings is 1. The van der Waals surface area contributed by atoms with Gasteiger partial charge in [0.05, 0.1) is 0 Å². The molecule has 1 fully saturated rings. The molecule has 3 aliphatic heterocycles. The van der Waals surface area contributed by atoms with Crippen LogP contribution in [0.4, 0.5) is 10.5 Å². The Morgan fingerprint density at radius 1 is 1.16 bits per heavy atom. The largest absolute Gasteiger partial charge is 0.447 e. The Balaban J connectivity index is 1.39. The summed E-state index contributed by atoms with van der Waals surface area (Å²) in [5.41, 5.74) is 6.35. The lowest BCUT2D eigenvalue weighted by atomic mass is 9.92. The number of carbonyl (C=O) groups is 1. The molecular formula is C24H31N3O4S. The van der Waals surface area contributed by atoms with Crippen molar-refractivity contribution >= 4 is 21.7 Å². The van der Waals surface area contributed by atoms with E-state index in [2.05, 4.69) is 41.8 Å². The van der Waals surface area contributed by atoms with Gasteiger partial charge in [-0.1, -0.05) is 19.9 Å². The Kier molecular flexibility index (Phi) is 5.33. The lowest BCUT2D eigenvalue weighted by molar-refractivity contribution is 0.212. The minimum atomic E-state index is -4.10. The van der Waals surface area contributed by atoms with Crippen LogP contribution in [0.2, 0.25) is 0 Å². The average molecular weight is 458 g/mol. The summed E-state index contributed by atoms with van der Waals surface area (Å²) in [6.45, 7) is 8.98. The zero-order valence-electron chi connectivity index (χ0n) is 19.0. The third-order valence-electron chi connectivity index (χ3n) is 7.18. The molecule has 4 aliphatic rings.